The number of anilines is 1. The van der Waals surface area contributed by atoms with Crippen LogP contribution in [0.3, 0.4) is 0 Å². The number of rotatable bonds is 8. The van der Waals surface area contributed by atoms with E-state index in [1.165, 1.54) is 30.2 Å². The molecule has 0 atom stereocenters. The van der Waals surface area contributed by atoms with Crippen molar-refractivity contribution in [1.82, 2.24) is 4.90 Å². The van der Waals surface area contributed by atoms with E-state index < -0.39 is 18.5 Å². The summed E-state index contributed by atoms with van der Waals surface area (Å²) in [5.74, 6) is -1.62. The molecule has 8 nitrogen and oxygen atoms in total. The van der Waals surface area contributed by atoms with Crippen molar-refractivity contribution in [3.63, 3.8) is 0 Å². The Labute approximate surface area is 147 Å². The molecule has 10 heteroatoms. The van der Waals surface area contributed by atoms with E-state index in [9.17, 15) is 18.4 Å². The number of para-hydroxylation sites is 1. The molecule has 1 aliphatic heterocycles. The third kappa shape index (κ3) is 4.02. The maximum absolute atomic E-state index is 12.7. The van der Waals surface area contributed by atoms with Crippen molar-refractivity contribution in [1.29, 1.82) is 0 Å². The van der Waals surface area contributed by atoms with E-state index in [4.69, 9.17) is 9.84 Å². The number of halogens is 2. The van der Waals surface area contributed by atoms with Crippen molar-refractivity contribution in [3.8, 4) is 11.5 Å². The van der Waals surface area contributed by atoms with Crippen LogP contribution >= 0.6 is 0 Å². The molecule has 0 saturated carbocycles. The first-order valence-electron chi connectivity index (χ1n) is 7.53. The molecule has 1 amide bonds. The first kappa shape index (κ1) is 19.4. The molecule has 1 heterocycles. The molecule has 0 fully saturated rings. The van der Waals surface area contributed by atoms with E-state index in [0.29, 0.717) is 0 Å². The molecule has 0 spiro atoms. The van der Waals surface area contributed by atoms with Crippen LogP contribution in [0.25, 0.3) is 0 Å². The molecular weight excluding hydrogens is 354 g/mol. The minimum Gasteiger partial charge on any atom is -0.493 e. The Morgan fingerprint density at radius 3 is 2.69 bits per heavy atom. The number of aliphatic hydroxyl groups excluding tert-OH is 1. The van der Waals surface area contributed by atoms with E-state index in [1.54, 1.807) is 0 Å². The van der Waals surface area contributed by atoms with Gasteiger partial charge in [0.1, 0.15) is 5.70 Å². The summed E-state index contributed by atoms with van der Waals surface area (Å²) in [6.07, 6.45) is 0. The van der Waals surface area contributed by atoms with Crippen LogP contribution in [0.5, 0.6) is 11.5 Å². The fourth-order valence-electron chi connectivity index (χ4n) is 2.47. The number of alkyl halides is 2. The fraction of sp³-hybridized carbons (Fsp3) is 0.375. The number of nitrogens with one attached hydrogen (secondary N) is 1. The molecule has 0 radical (unpaired) electrons. The van der Waals surface area contributed by atoms with Crippen molar-refractivity contribution in [2.75, 3.05) is 39.2 Å². The summed E-state index contributed by atoms with van der Waals surface area (Å²) in [6.45, 7) is -3.50. The van der Waals surface area contributed by atoms with Crippen molar-refractivity contribution >= 4 is 17.6 Å². The van der Waals surface area contributed by atoms with Gasteiger partial charge in [-0.05, 0) is 12.1 Å². The van der Waals surface area contributed by atoms with Crippen LogP contribution in [0.4, 0.5) is 14.5 Å². The third-order valence-corrected chi connectivity index (χ3v) is 3.62. The number of amides is 1. The highest BCUT2D eigenvalue weighted by atomic mass is 19.3. The molecule has 0 bridgehead atoms. The van der Waals surface area contributed by atoms with Gasteiger partial charge in [0.05, 0.1) is 38.6 Å². The number of carbonyl (C=O) groups is 2. The second-order valence-electron chi connectivity index (χ2n) is 5.14. The second-order valence-corrected chi connectivity index (χ2v) is 5.14. The summed E-state index contributed by atoms with van der Waals surface area (Å²) in [4.78, 5) is 25.7. The lowest BCUT2D eigenvalue weighted by Gasteiger charge is -2.17. The van der Waals surface area contributed by atoms with E-state index in [-0.39, 0.29) is 48.2 Å². The van der Waals surface area contributed by atoms with E-state index in [2.05, 4.69) is 14.8 Å². The Morgan fingerprint density at radius 2 is 2.12 bits per heavy atom. The van der Waals surface area contributed by atoms with Gasteiger partial charge in [-0.2, -0.15) is 8.78 Å². The molecule has 1 aliphatic rings. The average molecular weight is 372 g/mol. The van der Waals surface area contributed by atoms with Crippen molar-refractivity contribution in [2.45, 2.75) is 6.61 Å². The quantitative estimate of drug-likeness (QED) is 0.656. The number of ether oxygens (including phenoxy) is 3. The topological polar surface area (TPSA) is 97.3 Å². The fourth-order valence-corrected chi connectivity index (χ4v) is 2.47. The molecule has 2 N–H and O–H groups in total. The summed E-state index contributed by atoms with van der Waals surface area (Å²) in [5, 5.41) is 11.7. The minimum absolute atomic E-state index is 0.00299. The molecule has 26 heavy (non-hydrogen) atoms. The smallest absolute Gasteiger partial charge is 0.387 e. The van der Waals surface area contributed by atoms with Crippen LogP contribution in [0, 0.1) is 0 Å². The van der Waals surface area contributed by atoms with Crippen LogP contribution in [-0.2, 0) is 14.3 Å². The van der Waals surface area contributed by atoms with Crippen molar-refractivity contribution in [3.05, 3.63) is 29.5 Å². The van der Waals surface area contributed by atoms with Gasteiger partial charge in [0, 0.05) is 6.54 Å². The molecule has 2 rings (SSSR count). The van der Waals surface area contributed by atoms with Gasteiger partial charge in [-0.25, -0.2) is 4.79 Å². The monoisotopic (exact) mass is 372 g/mol. The van der Waals surface area contributed by atoms with Crippen LogP contribution < -0.4 is 14.8 Å². The maximum Gasteiger partial charge on any atom is 0.387 e. The van der Waals surface area contributed by atoms with Crippen molar-refractivity contribution in [2.24, 2.45) is 0 Å². The van der Waals surface area contributed by atoms with Gasteiger partial charge in [0.2, 0.25) is 0 Å². The van der Waals surface area contributed by atoms with Crippen molar-refractivity contribution < 1.29 is 37.7 Å². The van der Waals surface area contributed by atoms with Gasteiger partial charge in [-0.1, -0.05) is 6.07 Å². The van der Waals surface area contributed by atoms with Crippen LogP contribution in [0.1, 0.15) is 0 Å². The Balaban J connectivity index is 2.43. The zero-order valence-electron chi connectivity index (χ0n) is 14.1. The molecular formula is C16H18F2N2O6. The van der Waals surface area contributed by atoms with Crippen LogP contribution in [0.2, 0.25) is 0 Å². The second kappa shape index (κ2) is 8.48. The Hall–Kier alpha value is -2.88. The summed E-state index contributed by atoms with van der Waals surface area (Å²) in [7, 11) is 2.43. The number of methoxy groups -OCH3 is 2. The normalized spacial score (nSPS) is 14.1. The molecule has 1 aromatic carbocycles. The predicted molar refractivity (Wildman–Crippen MR) is 86.0 cm³/mol. The Kier molecular flexibility index (Phi) is 6.34. The van der Waals surface area contributed by atoms with Crippen LogP contribution in [-0.4, -0.2) is 62.4 Å². The van der Waals surface area contributed by atoms with Crippen LogP contribution in [0.15, 0.2) is 29.5 Å². The highest BCUT2D eigenvalue weighted by Crippen LogP contribution is 2.38. The Bertz CT molecular complexity index is 723. The van der Waals surface area contributed by atoms with Gasteiger partial charge < -0.3 is 29.5 Å². The lowest BCUT2D eigenvalue weighted by Crippen LogP contribution is -2.31. The number of carbonyl (C=O) groups excluding carboxylic acids is 2. The summed E-state index contributed by atoms with van der Waals surface area (Å²) in [5.41, 5.74) is -0.116. The lowest BCUT2D eigenvalue weighted by atomic mass is 10.2. The number of aliphatic hydroxyl groups is 1. The number of nitrogens with zero attached hydrogens (tertiary/aromatic N) is 1. The number of esters is 1. The predicted octanol–water partition coefficient (Wildman–Crippen LogP) is 0.970. The summed E-state index contributed by atoms with van der Waals surface area (Å²) < 4.78 is 39.6. The standard InChI is InChI=1S/C16H18F2N2O6/c1-24-11-5-3-4-10(13(11)26-16(17)18)19-12-9(15(23)25-2)8-20(6-7-21)14(12)22/h3-5,16,19,21H,6-8H2,1-2H3. The summed E-state index contributed by atoms with van der Waals surface area (Å²) >= 11 is 0. The van der Waals surface area contributed by atoms with Gasteiger partial charge in [-0.15, -0.1) is 0 Å². The highest BCUT2D eigenvalue weighted by Gasteiger charge is 2.35. The van der Waals surface area contributed by atoms with E-state index >= 15 is 0 Å². The number of benzene rings is 1. The van der Waals surface area contributed by atoms with E-state index in [0.717, 1.165) is 7.11 Å². The third-order valence-electron chi connectivity index (χ3n) is 3.62. The van der Waals surface area contributed by atoms with Gasteiger partial charge >= 0.3 is 12.6 Å². The van der Waals surface area contributed by atoms with Gasteiger partial charge in [-0.3, -0.25) is 4.79 Å². The molecule has 1 aromatic rings. The number of hydrogen-bond donors (Lipinski definition) is 2. The van der Waals surface area contributed by atoms with Gasteiger partial charge in [0.25, 0.3) is 5.91 Å². The zero-order valence-corrected chi connectivity index (χ0v) is 14.1. The average Bonchev–Trinajstić information content (AvgIpc) is 2.92. The molecule has 142 valence electrons. The zero-order chi connectivity index (χ0) is 19.3. The number of β-amino-alcohol motifs (C(OH)–C–C–N with tert-alkyl or cyclic N) is 1. The first-order chi connectivity index (χ1) is 12.4. The molecule has 0 aromatic heterocycles. The minimum atomic E-state index is -3.12. The maximum atomic E-state index is 12.7. The van der Waals surface area contributed by atoms with E-state index in [1.807, 2.05) is 0 Å². The summed E-state index contributed by atoms with van der Waals surface area (Å²) in [6, 6.07) is 4.31. The first-order valence-corrected chi connectivity index (χ1v) is 7.53. The SMILES string of the molecule is COC(=O)C1=C(Nc2cccc(OC)c2OC(F)F)C(=O)N(CCO)C1. The number of hydrogen-bond acceptors (Lipinski definition) is 7. The lowest BCUT2D eigenvalue weighted by molar-refractivity contribution is -0.136. The Morgan fingerprint density at radius 1 is 1.38 bits per heavy atom. The molecule has 0 unspecified atom stereocenters. The van der Waals surface area contributed by atoms with Gasteiger partial charge in [0.15, 0.2) is 11.5 Å². The largest absolute Gasteiger partial charge is 0.493 e. The molecule has 0 aliphatic carbocycles. The molecule has 0 saturated heterocycles. The highest BCUT2D eigenvalue weighted by molar-refractivity contribution is 6.08.